The monoisotopic (exact) mass is 446 g/mol. The first-order valence-corrected chi connectivity index (χ1v) is 11.1. The van der Waals surface area contributed by atoms with Crippen LogP contribution in [0.15, 0.2) is 27.9 Å². The number of nitrogens with zero attached hydrogens (tertiary/aromatic N) is 2. The third-order valence-corrected chi connectivity index (χ3v) is 6.60. The lowest BCUT2D eigenvalue weighted by atomic mass is 10.2. The van der Waals surface area contributed by atoms with Gasteiger partial charge in [0.15, 0.2) is 0 Å². The van der Waals surface area contributed by atoms with Gasteiger partial charge in [-0.2, -0.15) is 0 Å². The van der Waals surface area contributed by atoms with E-state index in [-0.39, 0.29) is 11.9 Å². The van der Waals surface area contributed by atoms with E-state index >= 15 is 0 Å². The fraction of sp³-hybridized carbons (Fsp3) is 0.444. The molecule has 0 bridgehead atoms. The molecule has 0 radical (unpaired) electrons. The second-order valence-electron chi connectivity index (χ2n) is 6.08. The zero-order valence-corrected chi connectivity index (χ0v) is 18.0. The van der Waals surface area contributed by atoms with E-state index < -0.39 is 0 Å². The summed E-state index contributed by atoms with van der Waals surface area (Å²) in [5, 5.41) is 3.06. The molecule has 1 amide bonds. The van der Waals surface area contributed by atoms with Gasteiger partial charge in [-0.25, -0.2) is 4.98 Å². The van der Waals surface area contributed by atoms with Crippen molar-refractivity contribution in [1.29, 1.82) is 0 Å². The Balaban J connectivity index is 1.49. The summed E-state index contributed by atoms with van der Waals surface area (Å²) in [6.07, 6.45) is 1.36. The van der Waals surface area contributed by atoms with E-state index in [9.17, 15) is 4.79 Å². The lowest BCUT2D eigenvalue weighted by Gasteiger charge is -2.24. The number of aromatic nitrogens is 1. The summed E-state index contributed by atoms with van der Waals surface area (Å²) < 4.78 is 11.9. The first-order valence-electron chi connectivity index (χ1n) is 8.49. The fourth-order valence-corrected chi connectivity index (χ4v) is 5.22. The van der Waals surface area contributed by atoms with Crippen LogP contribution in [0, 0.1) is 0 Å². The topological polar surface area (TPSA) is 51.7 Å². The van der Waals surface area contributed by atoms with Crippen molar-refractivity contribution in [1.82, 2.24) is 9.88 Å². The lowest BCUT2D eigenvalue weighted by Crippen LogP contribution is -2.38. The van der Waals surface area contributed by atoms with Crippen molar-refractivity contribution >= 4 is 52.2 Å². The van der Waals surface area contributed by atoms with Gasteiger partial charge in [0, 0.05) is 41.3 Å². The number of carbonyl (C=O) groups is 1. The molecule has 3 rings (SSSR count). The molecular weight excluding hydrogens is 427 g/mol. The highest BCUT2D eigenvalue weighted by Crippen LogP contribution is 2.27. The number of thiazole rings is 1. The molecule has 1 aromatic heterocycles. The van der Waals surface area contributed by atoms with Crippen LogP contribution in [-0.2, 0) is 16.1 Å². The Labute approximate surface area is 177 Å². The molecule has 0 N–H and O–H groups in total. The minimum Gasteiger partial charge on any atom is -0.491 e. The molecule has 0 aliphatic carbocycles. The largest absolute Gasteiger partial charge is 0.491 e. The fourth-order valence-electron chi connectivity index (χ4n) is 2.88. The average molecular weight is 447 g/mol. The van der Waals surface area contributed by atoms with Crippen molar-refractivity contribution in [3.05, 3.63) is 39.3 Å². The molecule has 1 fully saturated rings. The minimum atomic E-state index is 0.0659. The maximum atomic E-state index is 12.2. The Morgan fingerprint density at radius 1 is 1.33 bits per heavy atom. The van der Waals surface area contributed by atoms with Crippen molar-refractivity contribution < 1.29 is 14.3 Å². The highest BCUT2D eigenvalue weighted by atomic mass is 35.5. The maximum absolute atomic E-state index is 12.2. The van der Waals surface area contributed by atoms with Gasteiger partial charge in [0.2, 0.25) is 5.91 Å². The van der Waals surface area contributed by atoms with Crippen LogP contribution < -0.4 is 4.74 Å². The van der Waals surface area contributed by atoms with Crippen LogP contribution in [0.1, 0.15) is 18.5 Å². The molecule has 0 unspecified atom stereocenters. The molecule has 146 valence electrons. The number of likely N-dealkylation sites (tertiary alicyclic amines) is 1. The summed E-state index contributed by atoms with van der Waals surface area (Å²) in [7, 11) is 1.66. The van der Waals surface area contributed by atoms with Crippen molar-refractivity contribution in [2.45, 2.75) is 29.8 Å². The normalized spacial score (nSPS) is 16.9. The van der Waals surface area contributed by atoms with E-state index in [1.165, 1.54) is 0 Å². The van der Waals surface area contributed by atoms with Crippen LogP contribution in [0.3, 0.4) is 0 Å². The Morgan fingerprint density at radius 3 is 2.85 bits per heavy atom. The molecule has 9 heteroatoms. The van der Waals surface area contributed by atoms with Gasteiger partial charge in [0.1, 0.15) is 16.7 Å². The molecule has 1 aromatic carbocycles. The molecular formula is C18H20Cl2N2O3S2. The Hall–Kier alpha value is -0.990. The Kier molecular flexibility index (Phi) is 7.66. The predicted molar refractivity (Wildman–Crippen MR) is 110 cm³/mol. The summed E-state index contributed by atoms with van der Waals surface area (Å²) in [4.78, 5) is 18.6. The highest BCUT2D eigenvalue weighted by molar-refractivity contribution is 8.01. The third-order valence-electron chi connectivity index (χ3n) is 4.11. The van der Waals surface area contributed by atoms with E-state index in [1.54, 1.807) is 48.4 Å². The van der Waals surface area contributed by atoms with Crippen LogP contribution in [0.5, 0.6) is 5.75 Å². The molecule has 2 heterocycles. The average Bonchev–Trinajstić information content (AvgIpc) is 3.20. The molecule has 1 aliphatic heterocycles. The van der Waals surface area contributed by atoms with Crippen LogP contribution >= 0.6 is 46.3 Å². The number of thioether (sulfide) groups is 1. The Morgan fingerprint density at radius 2 is 2.11 bits per heavy atom. The second-order valence-corrected chi connectivity index (χ2v) is 9.16. The number of hydrogen-bond donors (Lipinski definition) is 0. The number of carbonyl (C=O) groups excluding carboxylic acids is 1. The standard InChI is InChI=1S/C18H20Cl2N2O3S2/c1-24-9-14-11-27-18(21-14)26-5-4-22-15(2-3-17(22)23)10-25-16-7-12(19)6-13(20)8-16/h6-8,11,15H,2-5,9-10H2,1H3/t15-/m1/s1. The van der Waals surface area contributed by atoms with E-state index in [1.807, 2.05) is 10.3 Å². The third kappa shape index (κ3) is 5.99. The van der Waals surface area contributed by atoms with Crippen LogP contribution in [0.2, 0.25) is 10.0 Å². The second kappa shape index (κ2) is 9.98. The van der Waals surface area contributed by atoms with E-state index in [4.69, 9.17) is 32.7 Å². The summed E-state index contributed by atoms with van der Waals surface area (Å²) in [5.74, 6) is 1.59. The van der Waals surface area contributed by atoms with E-state index in [0.717, 1.165) is 22.2 Å². The number of ether oxygens (including phenoxy) is 2. The van der Waals surface area contributed by atoms with Gasteiger partial charge in [-0.3, -0.25) is 4.79 Å². The zero-order valence-electron chi connectivity index (χ0n) is 14.8. The number of benzene rings is 1. The van der Waals surface area contributed by atoms with Crippen LogP contribution in [-0.4, -0.2) is 47.8 Å². The molecule has 0 saturated carbocycles. The SMILES string of the molecule is COCc1csc(SCCN2C(=O)CC[C@@H]2COc2cc(Cl)cc(Cl)c2)n1. The zero-order chi connectivity index (χ0) is 19.2. The van der Waals surface area contributed by atoms with Crippen molar-refractivity contribution in [2.24, 2.45) is 0 Å². The maximum Gasteiger partial charge on any atom is 0.223 e. The number of halogens is 2. The quantitative estimate of drug-likeness (QED) is 0.519. The molecule has 0 spiro atoms. The number of amides is 1. The number of rotatable bonds is 9. The summed E-state index contributed by atoms with van der Waals surface area (Å²) >= 11 is 15.3. The lowest BCUT2D eigenvalue weighted by molar-refractivity contribution is -0.129. The molecule has 2 aromatic rings. The summed E-state index contributed by atoms with van der Waals surface area (Å²) in [5.41, 5.74) is 0.939. The van der Waals surface area contributed by atoms with E-state index in [0.29, 0.717) is 42.0 Å². The molecule has 1 atom stereocenters. The first kappa shape index (κ1) is 20.7. The molecule has 1 saturated heterocycles. The number of methoxy groups -OCH3 is 1. The van der Waals surface area contributed by atoms with Gasteiger partial charge < -0.3 is 14.4 Å². The van der Waals surface area contributed by atoms with E-state index in [2.05, 4.69) is 4.98 Å². The molecule has 5 nitrogen and oxygen atoms in total. The van der Waals surface area contributed by atoms with Gasteiger partial charge in [0.25, 0.3) is 0 Å². The smallest absolute Gasteiger partial charge is 0.223 e. The summed E-state index contributed by atoms with van der Waals surface area (Å²) in [6, 6.07) is 5.18. The molecule has 1 aliphatic rings. The minimum absolute atomic E-state index is 0.0659. The van der Waals surface area contributed by atoms with Crippen LogP contribution in [0.4, 0.5) is 0 Å². The van der Waals surface area contributed by atoms with Gasteiger partial charge in [-0.15, -0.1) is 11.3 Å². The summed E-state index contributed by atoms with van der Waals surface area (Å²) in [6.45, 7) is 1.63. The van der Waals surface area contributed by atoms with Crippen molar-refractivity contribution in [3.8, 4) is 5.75 Å². The van der Waals surface area contributed by atoms with Gasteiger partial charge >= 0.3 is 0 Å². The highest BCUT2D eigenvalue weighted by Gasteiger charge is 2.31. The van der Waals surface area contributed by atoms with Gasteiger partial charge in [-0.05, 0) is 24.6 Å². The predicted octanol–water partition coefficient (Wildman–Crippen LogP) is 4.76. The first-order chi connectivity index (χ1) is 13.0. The Bertz CT molecular complexity index is 767. The van der Waals surface area contributed by atoms with Crippen molar-refractivity contribution in [3.63, 3.8) is 0 Å². The van der Waals surface area contributed by atoms with Gasteiger partial charge in [0.05, 0.1) is 18.3 Å². The number of hydrogen-bond acceptors (Lipinski definition) is 6. The van der Waals surface area contributed by atoms with Crippen LogP contribution in [0.25, 0.3) is 0 Å². The van der Waals surface area contributed by atoms with Gasteiger partial charge in [-0.1, -0.05) is 35.0 Å². The van der Waals surface area contributed by atoms with Crippen molar-refractivity contribution in [2.75, 3.05) is 26.0 Å². The molecule has 27 heavy (non-hydrogen) atoms.